The van der Waals surface area contributed by atoms with Gasteiger partial charge in [-0.3, -0.25) is 9.78 Å². The zero-order valence-electron chi connectivity index (χ0n) is 15.6. The molecule has 144 valence electrons. The Morgan fingerprint density at radius 1 is 1.07 bits per heavy atom. The summed E-state index contributed by atoms with van der Waals surface area (Å²) in [5.41, 5.74) is 1.25. The quantitative estimate of drug-likeness (QED) is 0.715. The first kappa shape index (κ1) is 18.2. The standard InChI is InChI=1S/C21H23N5O2/c27-20-18-11-4-3-10-17(18)19(13-23-21(28)24-15-7-1-2-8-15)25-26(20)14-16-9-5-6-12-22-16/h3-6,9-12,15H,1-2,7-8,13-14H2,(H2,23,24,28). The Bertz CT molecular complexity index is 1030. The predicted molar refractivity (Wildman–Crippen MR) is 107 cm³/mol. The number of carbonyl (C=O) groups excluding carboxylic acids is 1. The van der Waals surface area contributed by atoms with Crippen LogP contribution in [0.5, 0.6) is 0 Å². The van der Waals surface area contributed by atoms with Gasteiger partial charge in [-0.05, 0) is 31.0 Å². The monoisotopic (exact) mass is 377 g/mol. The third-order valence-electron chi connectivity index (χ3n) is 5.09. The van der Waals surface area contributed by atoms with Crippen molar-refractivity contribution in [2.24, 2.45) is 0 Å². The zero-order chi connectivity index (χ0) is 19.3. The highest BCUT2D eigenvalue weighted by Crippen LogP contribution is 2.17. The molecule has 0 atom stereocenters. The van der Waals surface area contributed by atoms with Crippen LogP contribution in [0.2, 0.25) is 0 Å². The van der Waals surface area contributed by atoms with E-state index in [4.69, 9.17) is 0 Å². The average molecular weight is 377 g/mol. The maximum atomic E-state index is 12.8. The molecule has 0 spiro atoms. The van der Waals surface area contributed by atoms with Crippen LogP contribution in [0.1, 0.15) is 37.1 Å². The number of benzene rings is 1. The topological polar surface area (TPSA) is 88.9 Å². The number of hydrogen-bond donors (Lipinski definition) is 2. The molecular weight excluding hydrogens is 354 g/mol. The lowest BCUT2D eigenvalue weighted by Gasteiger charge is -2.14. The highest BCUT2D eigenvalue weighted by molar-refractivity contribution is 5.84. The van der Waals surface area contributed by atoms with Crippen LogP contribution in [0.4, 0.5) is 4.79 Å². The van der Waals surface area contributed by atoms with Crippen LogP contribution in [-0.4, -0.2) is 26.8 Å². The molecule has 0 saturated heterocycles. The third kappa shape index (κ3) is 4.03. The first-order valence-corrected chi connectivity index (χ1v) is 9.64. The number of rotatable bonds is 5. The van der Waals surface area contributed by atoms with Crippen molar-refractivity contribution in [3.05, 3.63) is 70.4 Å². The van der Waals surface area contributed by atoms with Crippen molar-refractivity contribution < 1.29 is 4.79 Å². The second-order valence-electron chi connectivity index (χ2n) is 7.08. The largest absolute Gasteiger partial charge is 0.335 e. The molecule has 0 aliphatic heterocycles. The Hall–Kier alpha value is -3.22. The van der Waals surface area contributed by atoms with E-state index in [1.807, 2.05) is 36.4 Å². The number of amides is 2. The minimum absolute atomic E-state index is 0.166. The number of pyridine rings is 1. The fourth-order valence-electron chi connectivity index (χ4n) is 3.66. The van der Waals surface area contributed by atoms with Crippen LogP contribution >= 0.6 is 0 Å². The van der Waals surface area contributed by atoms with E-state index in [1.54, 1.807) is 12.3 Å². The van der Waals surface area contributed by atoms with Crippen molar-refractivity contribution in [1.82, 2.24) is 25.4 Å². The van der Waals surface area contributed by atoms with Crippen molar-refractivity contribution in [3.8, 4) is 0 Å². The van der Waals surface area contributed by atoms with E-state index in [1.165, 1.54) is 4.68 Å². The van der Waals surface area contributed by atoms with E-state index >= 15 is 0 Å². The first-order chi connectivity index (χ1) is 13.7. The van der Waals surface area contributed by atoms with Gasteiger partial charge < -0.3 is 10.6 Å². The molecule has 2 aromatic heterocycles. The molecule has 1 saturated carbocycles. The number of fused-ring (bicyclic) bond motifs is 1. The SMILES string of the molecule is O=C(NCc1nn(Cc2ccccn2)c(=O)c2ccccc12)NC1CCCC1. The maximum Gasteiger partial charge on any atom is 0.315 e. The lowest BCUT2D eigenvalue weighted by Crippen LogP contribution is -2.41. The molecule has 4 rings (SSSR count). The number of urea groups is 1. The van der Waals surface area contributed by atoms with E-state index in [0.29, 0.717) is 11.1 Å². The minimum atomic E-state index is -0.194. The van der Waals surface area contributed by atoms with Gasteiger partial charge in [0.25, 0.3) is 5.56 Å². The zero-order valence-corrected chi connectivity index (χ0v) is 15.6. The molecular formula is C21H23N5O2. The van der Waals surface area contributed by atoms with Gasteiger partial charge in [0.15, 0.2) is 0 Å². The van der Waals surface area contributed by atoms with Crippen molar-refractivity contribution in [1.29, 1.82) is 0 Å². The van der Waals surface area contributed by atoms with Crippen LogP contribution in [-0.2, 0) is 13.1 Å². The highest BCUT2D eigenvalue weighted by Gasteiger charge is 2.17. The summed E-state index contributed by atoms with van der Waals surface area (Å²) in [5.74, 6) is 0. The summed E-state index contributed by atoms with van der Waals surface area (Å²) < 4.78 is 1.41. The summed E-state index contributed by atoms with van der Waals surface area (Å²) in [7, 11) is 0. The lowest BCUT2D eigenvalue weighted by molar-refractivity contribution is 0.236. The van der Waals surface area contributed by atoms with E-state index in [0.717, 1.165) is 36.8 Å². The van der Waals surface area contributed by atoms with Gasteiger partial charge >= 0.3 is 6.03 Å². The van der Waals surface area contributed by atoms with Crippen molar-refractivity contribution >= 4 is 16.8 Å². The van der Waals surface area contributed by atoms with E-state index in [9.17, 15) is 9.59 Å². The Kier molecular flexibility index (Phi) is 5.32. The maximum absolute atomic E-state index is 12.8. The van der Waals surface area contributed by atoms with Gasteiger partial charge in [0.05, 0.1) is 29.9 Å². The van der Waals surface area contributed by atoms with Gasteiger partial charge in [0, 0.05) is 17.6 Å². The molecule has 7 nitrogen and oxygen atoms in total. The van der Waals surface area contributed by atoms with Gasteiger partial charge in [-0.2, -0.15) is 5.10 Å². The molecule has 1 aromatic carbocycles. The number of nitrogens with one attached hydrogen (secondary N) is 2. The van der Waals surface area contributed by atoms with Gasteiger partial charge in [-0.25, -0.2) is 9.48 Å². The fourth-order valence-corrected chi connectivity index (χ4v) is 3.66. The molecule has 0 radical (unpaired) electrons. The summed E-state index contributed by atoms with van der Waals surface area (Å²) in [4.78, 5) is 29.3. The second-order valence-corrected chi connectivity index (χ2v) is 7.08. The smallest absolute Gasteiger partial charge is 0.315 e. The summed E-state index contributed by atoms with van der Waals surface area (Å²) in [6, 6.07) is 13.0. The fraction of sp³-hybridized carbons (Fsp3) is 0.333. The van der Waals surface area contributed by atoms with Crippen molar-refractivity contribution in [3.63, 3.8) is 0 Å². The summed E-state index contributed by atoms with van der Waals surface area (Å²) >= 11 is 0. The van der Waals surface area contributed by atoms with E-state index in [2.05, 4.69) is 20.7 Å². The number of carbonyl (C=O) groups is 1. The minimum Gasteiger partial charge on any atom is -0.335 e. The summed E-state index contributed by atoms with van der Waals surface area (Å²) in [6.07, 6.45) is 6.08. The Balaban J connectivity index is 1.58. The Labute approximate surface area is 162 Å². The van der Waals surface area contributed by atoms with Crippen molar-refractivity contribution in [2.75, 3.05) is 0 Å². The molecule has 0 unspecified atom stereocenters. The lowest BCUT2D eigenvalue weighted by atomic mass is 10.1. The molecule has 3 aromatic rings. The van der Waals surface area contributed by atoms with Crippen LogP contribution in [0.3, 0.4) is 0 Å². The normalized spacial score (nSPS) is 14.3. The molecule has 1 aliphatic carbocycles. The Morgan fingerprint density at radius 2 is 1.82 bits per heavy atom. The molecule has 0 bridgehead atoms. The number of aromatic nitrogens is 3. The van der Waals surface area contributed by atoms with Gasteiger partial charge in [0.2, 0.25) is 0 Å². The number of nitrogens with zero attached hydrogens (tertiary/aromatic N) is 3. The molecule has 1 fully saturated rings. The molecule has 2 N–H and O–H groups in total. The van der Waals surface area contributed by atoms with Crippen LogP contribution in [0.25, 0.3) is 10.8 Å². The molecule has 1 aliphatic rings. The second kappa shape index (κ2) is 8.21. The van der Waals surface area contributed by atoms with Gasteiger partial charge in [-0.15, -0.1) is 0 Å². The highest BCUT2D eigenvalue weighted by atomic mass is 16.2. The van der Waals surface area contributed by atoms with E-state index in [-0.39, 0.29) is 30.7 Å². The van der Waals surface area contributed by atoms with E-state index < -0.39 is 0 Å². The van der Waals surface area contributed by atoms with Gasteiger partial charge in [0.1, 0.15) is 0 Å². The first-order valence-electron chi connectivity index (χ1n) is 9.64. The molecule has 7 heteroatoms. The third-order valence-corrected chi connectivity index (χ3v) is 5.09. The summed E-state index contributed by atoms with van der Waals surface area (Å²) in [5, 5.41) is 11.8. The van der Waals surface area contributed by atoms with Crippen LogP contribution in [0, 0.1) is 0 Å². The predicted octanol–water partition coefficient (Wildman–Crippen LogP) is 2.58. The van der Waals surface area contributed by atoms with Gasteiger partial charge in [-0.1, -0.05) is 37.1 Å². The average Bonchev–Trinajstić information content (AvgIpc) is 3.23. The molecule has 28 heavy (non-hydrogen) atoms. The number of hydrogen-bond acceptors (Lipinski definition) is 4. The Morgan fingerprint density at radius 3 is 2.57 bits per heavy atom. The van der Waals surface area contributed by atoms with Crippen LogP contribution in [0.15, 0.2) is 53.5 Å². The van der Waals surface area contributed by atoms with Crippen LogP contribution < -0.4 is 16.2 Å². The summed E-state index contributed by atoms with van der Waals surface area (Å²) in [6.45, 7) is 0.535. The molecule has 2 amide bonds. The molecule has 2 heterocycles. The van der Waals surface area contributed by atoms with Crippen molar-refractivity contribution in [2.45, 2.75) is 44.8 Å².